The molecule has 0 unspecified atom stereocenters. The van der Waals surface area contributed by atoms with E-state index in [4.69, 9.17) is 4.52 Å². The molecular formula is C10H15N3O2. The second-order valence-corrected chi connectivity index (χ2v) is 3.94. The number of aryl methyl sites for hydroxylation is 1. The van der Waals surface area contributed by atoms with Gasteiger partial charge in [-0.05, 0) is 13.8 Å². The van der Waals surface area contributed by atoms with Crippen molar-refractivity contribution in [3.8, 4) is 0 Å². The molecule has 0 aromatic carbocycles. The highest BCUT2D eigenvalue weighted by molar-refractivity contribution is 5.92. The molecule has 0 bridgehead atoms. The predicted molar refractivity (Wildman–Crippen MR) is 54.6 cm³/mol. The number of nitrogens with zero attached hydrogens (tertiary/aromatic N) is 2. The van der Waals surface area contributed by atoms with Crippen LogP contribution in [0.2, 0.25) is 0 Å². The Bertz CT molecular complexity index is 361. The number of carbonyl (C=O) groups is 1. The highest BCUT2D eigenvalue weighted by Gasteiger charge is 2.25. The third kappa shape index (κ3) is 2.02. The number of rotatable bonds is 1. The molecule has 1 aliphatic rings. The Morgan fingerprint density at radius 2 is 2.53 bits per heavy atom. The van der Waals surface area contributed by atoms with E-state index in [1.807, 2.05) is 6.92 Å². The van der Waals surface area contributed by atoms with Gasteiger partial charge in [0, 0.05) is 31.2 Å². The van der Waals surface area contributed by atoms with Crippen LogP contribution in [0.25, 0.3) is 0 Å². The third-order valence-electron chi connectivity index (χ3n) is 2.60. The van der Waals surface area contributed by atoms with E-state index in [0.717, 1.165) is 25.2 Å². The average molecular weight is 209 g/mol. The summed E-state index contributed by atoms with van der Waals surface area (Å²) in [7, 11) is 0. The van der Waals surface area contributed by atoms with E-state index in [1.54, 1.807) is 11.1 Å². The lowest BCUT2D eigenvalue weighted by Gasteiger charge is -2.31. The highest BCUT2D eigenvalue weighted by atomic mass is 16.5. The zero-order chi connectivity index (χ0) is 10.8. The van der Waals surface area contributed by atoms with E-state index in [9.17, 15) is 4.79 Å². The lowest BCUT2D eigenvalue weighted by Crippen LogP contribution is -2.51. The van der Waals surface area contributed by atoms with Crippen molar-refractivity contribution in [1.82, 2.24) is 15.4 Å². The third-order valence-corrected chi connectivity index (χ3v) is 2.60. The SMILES string of the molecule is Cc1cnoc1C(=O)N1CCN[C@@H](C)C1. The van der Waals surface area contributed by atoms with Crippen LogP contribution in [0, 0.1) is 6.92 Å². The molecule has 82 valence electrons. The van der Waals surface area contributed by atoms with Crippen LogP contribution in [0.1, 0.15) is 23.0 Å². The van der Waals surface area contributed by atoms with Crippen molar-refractivity contribution in [2.75, 3.05) is 19.6 Å². The molecule has 1 aromatic heterocycles. The minimum absolute atomic E-state index is 0.0571. The lowest BCUT2D eigenvalue weighted by atomic mass is 10.2. The fraction of sp³-hybridized carbons (Fsp3) is 0.600. The minimum Gasteiger partial charge on any atom is -0.351 e. The highest BCUT2D eigenvalue weighted by Crippen LogP contribution is 2.11. The van der Waals surface area contributed by atoms with Gasteiger partial charge in [0.05, 0.1) is 6.20 Å². The van der Waals surface area contributed by atoms with Crippen LogP contribution in [0.4, 0.5) is 0 Å². The number of amides is 1. The van der Waals surface area contributed by atoms with E-state index in [-0.39, 0.29) is 5.91 Å². The Morgan fingerprint density at radius 1 is 1.73 bits per heavy atom. The lowest BCUT2D eigenvalue weighted by molar-refractivity contribution is 0.0666. The van der Waals surface area contributed by atoms with Gasteiger partial charge in [-0.1, -0.05) is 5.16 Å². The Kier molecular flexibility index (Phi) is 2.73. The van der Waals surface area contributed by atoms with Gasteiger partial charge < -0.3 is 14.7 Å². The molecule has 1 N–H and O–H groups in total. The monoisotopic (exact) mass is 209 g/mol. The second kappa shape index (κ2) is 4.02. The van der Waals surface area contributed by atoms with Crippen LogP contribution in [0.3, 0.4) is 0 Å². The first kappa shape index (κ1) is 10.2. The number of piperazine rings is 1. The van der Waals surface area contributed by atoms with Gasteiger partial charge in [-0.15, -0.1) is 0 Å². The fourth-order valence-corrected chi connectivity index (χ4v) is 1.76. The molecule has 1 atom stereocenters. The minimum atomic E-state index is -0.0571. The summed E-state index contributed by atoms with van der Waals surface area (Å²) in [6, 6.07) is 0.339. The van der Waals surface area contributed by atoms with Crippen LogP contribution in [0.15, 0.2) is 10.7 Å². The molecule has 5 heteroatoms. The van der Waals surface area contributed by atoms with Gasteiger partial charge in [-0.2, -0.15) is 0 Å². The Hall–Kier alpha value is -1.36. The number of hydrogen-bond donors (Lipinski definition) is 1. The average Bonchev–Trinajstić information content (AvgIpc) is 2.63. The van der Waals surface area contributed by atoms with Gasteiger partial charge in [0.1, 0.15) is 0 Å². The van der Waals surface area contributed by atoms with Crippen molar-refractivity contribution in [2.24, 2.45) is 0 Å². The first-order valence-electron chi connectivity index (χ1n) is 5.12. The van der Waals surface area contributed by atoms with E-state index < -0.39 is 0 Å². The van der Waals surface area contributed by atoms with Gasteiger partial charge in [-0.25, -0.2) is 0 Å². The van der Waals surface area contributed by atoms with E-state index in [1.165, 1.54) is 0 Å². The number of aromatic nitrogens is 1. The van der Waals surface area contributed by atoms with Crippen molar-refractivity contribution < 1.29 is 9.32 Å². The Morgan fingerprint density at radius 3 is 3.13 bits per heavy atom. The summed E-state index contributed by atoms with van der Waals surface area (Å²) < 4.78 is 4.95. The zero-order valence-corrected chi connectivity index (χ0v) is 8.99. The summed E-state index contributed by atoms with van der Waals surface area (Å²) >= 11 is 0. The molecule has 15 heavy (non-hydrogen) atoms. The summed E-state index contributed by atoms with van der Waals surface area (Å²) in [6.45, 7) is 6.17. The Labute approximate surface area is 88.4 Å². The summed E-state index contributed by atoms with van der Waals surface area (Å²) in [5.41, 5.74) is 0.797. The van der Waals surface area contributed by atoms with E-state index in [0.29, 0.717) is 11.8 Å². The van der Waals surface area contributed by atoms with Crippen molar-refractivity contribution in [3.63, 3.8) is 0 Å². The zero-order valence-electron chi connectivity index (χ0n) is 8.99. The van der Waals surface area contributed by atoms with E-state index in [2.05, 4.69) is 17.4 Å². The van der Waals surface area contributed by atoms with Gasteiger partial charge in [0.25, 0.3) is 5.91 Å². The molecule has 0 spiro atoms. The number of nitrogens with one attached hydrogen (secondary N) is 1. The molecule has 2 heterocycles. The van der Waals surface area contributed by atoms with Crippen molar-refractivity contribution in [2.45, 2.75) is 19.9 Å². The quantitative estimate of drug-likeness (QED) is 0.728. The molecule has 1 amide bonds. The Balaban J connectivity index is 2.11. The van der Waals surface area contributed by atoms with Crippen molar-refractivity contribution >= 4 is 5.91 Å². The molecule has 2 rings (SSSR count). The normalized spacial score (nSPS) is 21.7. The largest absolute Gasteiger partial charge is 0.351 e. The number of hydrogen-bond acceptors (Lipinski definition) is 4. The molecule has 0 aliphatic carbocycles. The van der Waals surface area contributed by atoms with Gasteiger partial charge in [0.15, 0.2) is 0 Å². The second-order valence-electron chi connectivity index (χ2n) is 3.94. The molecule has 0 radical (unpaired) electrons. The summed E-state index contributed by atoms with van der Waals surface area (Å²) in [6.07, 6.45) is 1.57. The predicted octanol–water partition coefficient (Wildman–Crippen LogP) is 0.417. The van der Waals surface area contributed by atoms with Crippen LogP contribution in [-0.2, 0) is 0 Å². The van der Waals surface area contributed by atoms with Crippen LogP contribution >= 0.6 is 0 Å². The van der Waals surface area contributed by atoms with Gasteiger partial charge >= 0.3 is 0 Å². The summed E-state index contributed by atoms with van der Waals surface area (Å²) in [4.78, 5) is 13.8. The van der Waals surface area contributed by atoms with Crippen LogP contribution in [0.5, 0.6) is 0 Å². The first-order valence-corrected chi connectivity index (χ1v) is 5.12. The van der Waals surface area contributed by atoms with Gasteiger partial charge in [-0.3, -0.25) is 4.79 Å². The summed E-state index contributed by atoms with van der Waals surface area (Å²) in [5, 5.41) is 6.91. The molecule has 5 nitrogen and oxygen atoms in total. The van der Waals surface area contributed by atoms with Gasteiger partial charge in [0.2, 0.25) is 5.76 Å². The maximum absolute atomic E-state index is 12.0. The fourth-order valence-electron chi connectivity index (χ4n) is 1.76. The molecule has 1 aliphatic heterocycles. The molecule has 1 aromatic rings. The molecule has 0 saturated carbocycles. The topological polar surface area (TPSA) is 58.4 Å². The maximum atomic E-state index is 12.0. The molecule has 1 saturated heterocycles. The van der Waals surface area contributed by atoms with Crippen LogP contribution in [-0.4, -0.2) is 41.6 Å². The smallest absolute Gasteiger partial charge is 0.292 e. The van der Waals surface area contributed by atoms with E-state index >= 15 is 0 Å². The van der Waals surface area contributed by atoms with Crippen molar-refractivity contribution in [1.29, 1.82) is 0 Å². The van der Waals surface area contributed by atoms with Crippen molar-refractivity contribution in [3.05, 3.63) is 17.5 Å². The summed E-state index contributed by atoms with van der Waals surface area (Å²) in [5.74, 6) is 0.308. The maximum Gasteiger partial charge on any atom is 0.292 e. The molecular weight excluding hydrogens is 194 g/mol. The number of carbonyl (C=O) groups excluding carboxylic acids is 1. The standard InChI is InChI=1S/C10H15N3O2/c1-7-5-12-15-9(7)10(14)13-4-3-11-8(2)6-13/h5,8,11H,3-4,6H2,1-2H3/t8-/m0/s1. The first-order chi connectivity index (χ1) is 7.18. The molecule has 1 fully saturated rings. The van der Waals surface area contributed by atoms with Crippen LogP contribution < -0.4 is 5.32 Å².